The third-order valence-corrected chi connectivity index (χ3v) is 5.20. The van der Waals surface area contributed by atoms with Gasteiger partial charge in [0.2, 0.25) is 5.91 Å². The van der Waals surface area contributed by atoms with Gasteiger partial charge in [-0.15, -0.1) is 0 Å². The van der Waals surface area contributed by atoms with Crippen LogP contribution in [0.1, 0.15) is 40.0 Å². The fourth-order valence-electron chi connectivity index (χ4n) is 3.29. The smallest absolute Gasteiger partial charge is 0.257 e. The first-order valence-corrected chi connectivity index (χ1v) is 9.34. The standard InChI is InChI=1S/C21H27N3O3/c1-15-4-5-18(12-16(15)2)17(3)22-20(25)13-23-7-9-24(10-8-23)21(26)19-6-11-27-14-19/h4-6,11-12,14,17H,7-10,13H2,1-3H3,(H,22,25). The molecule has 1 saturated heterocycles. The number of hydrogen-bond acceptors (Lipinski definition) is 4. The van der Waals surface area contributed by atoms with Crippen molar-refractivity contribution in [3.05, 3.63) is 59.0 Å². The van der Waals surface area contributed by atoms with E-state index in [1.807, 2.05) is 6.92 Å². The summed E-state index contributed by atoms with van der Waals surface area (Å²) in [5.41, 5.74) is 4.16. The first-order chi connectivity index (χ1) is 12.9. The van der Waals surface area contributed by atoms with Crippen LogP contribution in [-0.4, -0.2) is 54.3 Å². The van der Waals surface area contributed by atoms with Crippen molar-refractivity contribution in [3.8, 4) is 0 Å². The molecule has 1 N–H and O–H groups in total. The molecule has 0 aliphatic carbocycles. The average molecular weight is 369 g/mol. The first-order valence-electron chi connectivity index (χ1n) is 9.34. The molecule has 0 radical (unpaired) electrons. The number of amides is 2. The maximum atomic E-state index is 12.4. The van der Waals surface area contributed by atoms with Crippen molar-refractivity contribution >= 4 is 11.8 Å². The summed E-state index contributed by atoms with van der Waals surface area (Å²) in [7, 11) is 0. The largest absolute Gasteiger partial charge is 0.472 e. The van der Waals surface area contributed by atoms with Crippen LogP contribution < -0.4 is 5.32 Å². The molecule has 1 aliphatic rings. The number of carbonyl (C=O) groups excluding carboxylic acids is 2. The van der Waals surface area contributed by atoms with Gasteiger partial charge in [0, 0.05) is 26.2 Å². The van der Waals surface area contributed by atoms with Crippen molar-refractivity contribution < 1.29 is 14.0 Å². The molecule has 2 aromatic rings. The van der Waals surface area contributed by atoms with Crippen LogP contribution in [0.5, 0.6) is 0 Å². The molecule has 6 nitrogen and oxygen atoms in total. The van der Waals surface area contributed by atoms with Crippen molar-refractivity contribution in [2.75, 3.05) is 32.7 Å². The Labute approximate surface area is 160 Å². The van der Waals surface area contributed by atoms with Crippen molar-refractivity contribution in [1.82, 2.24) is 15.1 Å². The van der Waals surface area contributed by atoms with E-state index >= 15 is 0 Å². The fraction of sp³-hybridized carbons (Fsp3) is 0.429. The summed E-state index contributed by atoms with van der Waals surface area (Å²) in [5.74, 6) is -0.00782. The molecule has 1 fully saturated rings. The predicted molar refractivity (Wildman–Crippen MR) is 104 cm³/mol. The molecule has 0 bridgehead atoms. The quantitative estimate of drug-likeness (QED) is 0.880. The van der Waals surface area contributed by atoms with Gasteiger partial charge in [-0.2, -0.15) is 0 Å². The Bertz CT molecular complexity index is 793. The molecule has 1 aromatic carbocycles. The van der Waals surface area contributed by atoms with Gasteiger partial charge in [0.1, 0.15) is 6.26 Å². The molecular weight excluding hydrogens is 342 g/mol. The van der Waals surface area contributed by atoms with Gasteiger partial charge in [0.05, 0.1) is 24.4 Å². The second-order valence-electron chi connectivity index (χ2n) is 7.21. The lowest BCUT2D eigenvalue weighted by Crippen LogP contribution is -2.51. The molecule has 27 heavy (non-hydrogen) atoms. The van der Waals surface area contributed by atoms with Gasteiger partial charge >= 0.3 is 0 Å². The van der Waals surface area contributed by atoms with Gasteiger partial charge in [0.25, 0.3) is 5.91 Å². The van der Waals surface area contributed by atoms with E-state index in [9.17, 15) is 9.59 Å². The third kappa shape index (κ3) is 4.77. The summed E-state index contributed by atoms with van der Waals surface area (Å²) in [5, 5.41) is 3.07. The zero-order chi connectivity index (χ0) is 19.4. The molecule has 1 aromatic heterocycles. The molecule has 1 aliphatic heterocycles. The Morgan fingerprint density at radius 1 is 1.11 bits per heavy atom. The highest BCUT2D eigenvalue weighted by Gasteiger charge is 2.24. The number of furan rings is 1. The van der Waals surface area contributed by atoms with Crippen LogP contribution in [0, 0.1) is 13.8 Å². The number of aryl methyl sites for hydroxylation is 2. The molecule has 1 unspecified atom stereocenters. The van der Waals surface area contributed by atoms with Gasteiger partial charge in [0.15, 0.2) is 0 Å². The van der Waals surface area contributed by atoms with Crippen LogP contribution in [0.3, 0.4) is 0 Å². The lowest BCUT2D eigenvalue weighted by Gasteiger charge is -2.34. The van der Waals surface area contributed by atoms with Crippen LogP contribution in [0.15, 0.2) is 41.2 Å². The number of rotatable bonds is 5. The summed E-state index contributed by atoms with van der Waals surface area (Å²) in [4.78, 5) is 28.6. The van der Waals surface area contributed by atoms with E-state index < -0.39 is 0 Å². The van der Waals surface area contributed by atoms with Gasteiger partial charge in [-0.3, -0.25) is 14.5 Å². The SMILES string of the molecule is Cc1ccc(C(C)NC(=O)CN2CCN(C(=O)c3ccoc3)CC2)cc1C. The average Bonchev–Trinajstić information content (AvgIpc) is 3.18. The summed E-state index contributed by atoms with van der Waals surface area (Å²) in [6, 6.07) is 7.93. The number of piperazine rings is 1. The molecular formula is C21H27N3O3. The highest BCUT2D eigenvalue weighted by atomic mass is 16.3. The molecule has 2 heterocycles. The summed E-state index contributed by atoms with van der Waals surface area (Å²) >= 11 is 0. The van der Waals surface area contributed by atoms with E-state index in [1.165, 1.54) is 23.7 Å². The number of carbonyl (C=O) groups is 2. The van der Waals surface area contributed by atoms with Crippen LogP contribution >= 0.6 is 0 Å². The molecule has 144 valence electrons. The highest BCUT2D eigenvalue weighted by Crippen LogP contribution is 2.17. The van der Waals surface area contributed by atoms with E-state index in [2.05, 4.69) is 42.3 Å². The van der Waals surface area contributed by atoms with Crippen molar-refractivity contribution in [1.29, 1.82) is 0 Å². The Morgan fingerprint density at radius 2 is 1.85 bits per heavy atom. The van der Waals surface area contributed by atoms with E-state index in [1.54, 1.807) is 11.0 Å². The molecule has 1 atom stereocenters. The second-order valence-corrected chi connectivity index (χ2v) is 7.21. The van der Waals surface area contributed by atoms with E-state index in [-0.39, 0.29) is 17.9 Å². The monoisotopic (exact) mass is 369 g/mol. The normalized spacial score (nSPS) is 16.2. The minimum absolute atomic E-state index is 0.00957. The van der Waals surface area contributed by atoms with Crippen molar-refractivity contribution in [2.24, 2.45) is 0 Å². The van der Waals surface area contributed by atoms with Crippen LogP contribution in [0.25, 0.3) is 0 Å². The Hall–Kier alpha value is -2.60. The number of hydrogen-bond donors (Lipinski definition) is 1. The minimum Gasteiger partial charge on any atom is -0.472 e. The molecule has 3 rings (SSSR count). The molecule has 0 spiro atoms. The minimum atomic E-state index is -0.0271. The molecule has 0 saturated carbocycles. The lowest BCUT2D eigenvalue weighted by atomic mass is 10.0. The lowest BCUT2D eigenvalue weighted by molar-refractivity contribution is -0.123. The Kier molecular flexibility index (Phi) is 5.96. The Morgan fingerprint density at radius 3 is 2.48 bits per heavy atom. The third-order valence-electron chi connectivity index (χ3n) is 5.20. The number of nitrogens with one attached hydrogen (secondary N) is 1. The zero-order valence-corrected chi connectivity index (χ0v) is 16.2. The molecule has 2 amide bonds. The van der Waals surface area contributed by atoms with Crippen LogP contribution in [0.2, 0.25) is 0 Å². The van der Waals surface area contributed by atoms with Gasteiger partial charge in [-0.05, 0) is 43.5 Å². The summed E-state index contributed by atoms with van der Waals surface area (Å²) in [6.45, 7) is 9.13. The second kappa shape index (κ2) is 8.39. The van der Waals surface area contributed by atoms with Crippen LogP contribution in [-0.2, 0) is 4.79 Å². The maximum Gasteiger partial charge on any atom is 0.257 e. The highest BCUT2D eigenvalue weighted by molar-refractivity contribution is 5.93. The number of nitrogens with zero attached hydrogens (tertiary/aromatic N) is 2. The van der Waals surface area contributed by atoms with Crippen molar-refractivity contribution in [2.45, 2.75) is 26.8 Å². The Balaban J connectivity index is 1.46. The summed E-state index contributed by atoms with van der Waals surface area (Å²) < 4.78 is 4.98. The molecule has 6 heteroatoms. The number of benzene rings is 1. The zero-order valence-electron chi connectivity index (χ0n) is 16.2. The first kappa shape index (κ1) is 19.2. The van der Waals surface area contributed by atoms with E-state index in [4.69, 9.17) is 4.42 Å². The maximum absolute atomic E-state index is 12.4. The van der Waals surface area contributed by atoms with Crippen molar-refractivity contribution in [3.63, 3.8) is 0 Å². The fourth-order valence-corrected chi connectivity index (χ4v) is 3.29. The van der Waals surface area contributed by atoms with Gasteiger partial charge < -0.3 is 14.6 Å². The van der Waals surface area contributed by atoms with Crippen LogP contribution in [0.4, 0.5) is 0 Å². The summed E-state index contributed by atoms with van der Waals surface area (Å²) in [6.07, 6.45) is 2.97. The van der Waals surface area contributed by atoms with Gasteiger partial charge in [-0.25, -0.2) is 0 Å². The topological polar surface area (TPSA) is 65.8 Å². The van der Waals surface area contributed by atoms with Gasteiger partial charge in [-0.1, -0.05) is 18.2 Å². The van der Waals surface area contributed by atoms with E-state index in [0.717, 1.165) is 5.56 Å². The predicted octanol–water partition coefficient (Wildman–Crippen LogP) is 2.53. The van der Waals surface area contributed by atoms with E-state index in [0.29, 0.717) is 38.3 Å².